The smallest absolute Gasteiger partial charge is 0.337 e. The number of nitrogens with zero attached hydrogens (tertiary/aromatic N) is 1. The van der Waals surface area contributed by atoms with Gasteiger partial charge in [0.05, 0.1) is 17.4 Å². The maximum absolute atomic E-state index is 11.3. The van der Waals surface area contributed by atoms with Crippen LogP contribution in [0.25, 0.3) is 0 Å². The molecule has 0 spiro atoms. The molecule has 1 aromatic rings. The number of rotatable bonds is 4. The quantitative estimate of drug-likeness (QED) is 0.813. The molecule has 0 amide bonds. The molecule has 5 heteroatoms. The number of nitrogens with two attached hydrogens (primary N) is 1. The van der Waals surface area contributed by atoms with Gasteiger partial charge in [-0.05, 0) is 37.5 Å². The molecule has 0 aliphatic carbocycles. The molecule has 19 heavy (non-hydrogen) atoms. The van der Waals surface area contributed by atoms with Gasteiger partial charge >= 0.3 is 5.97 Å². The number of hydrogen-bond donors (Lipinski definition) is 2. The Labute approximate surface area is 113 Å². The predicted octanol–water partition coefficient (Wildman–Crippen LogP) is 1.97. The van der Waals surface area contributed by atoms with Crippen molar-refractivity contribution in [2.45, 2.75) is 25.4 Å². The highest BCUT2D eigenvalue weighted by Gasteiger charge is 2.19. The van der Waals surface area contributed by atoms with Gasteiger partial charge in [0.1, 0.15) is 0 Å². The van der Waals surface area contributed by atoms with Crippen molar-refractivity contribution in [3.63, 3.8) is 0 Å². The van der Waals surface area contributed by atoms with Crippen LogP contribution in [0.15, 0.2) is 18.2 Å². The third-order valence-electron chi connectivity index (χ3n) is 3.41. The second kappa shape index (κ2) is 5.93. The minimum atomic E-state index is -0.960. The summed E-state index contributed by atoms with van der Waals surface area (Å²) in [7, 11) is 1.88. The van der Waals surface area contributed by atoms with Crippen LogP contribution in [0.1, 0.15) is 29.6 Å². The fourth-order valence-electron chi connectivity index (χ4n) is 2.41. The molecule has 1 aliphatic rings. The Balaban J connectivity index is 2.13. The molecule has 104 valence electrons. The van der Waals surface area contributed by atoms with Crippen molar-refractivity contribution in [3.8, 4) is 0 Å². The van der Waals surface area contributed by atoms with Crippen LogP contribution >= 0.6 is 0 Å². The molecular weight excluding hydrogens is 244 g/mol. The van der Waals surface area contributed by atoms with E-state index in [2.05, 4.69) is 0 Å². The first-order valence-corrected chi connectivity index (χ1v) is 6.53. The molecule has 1 saturated heterocycles. The second-order valence-electron chi connectivity index (χ2n) is 4.95. The SMILES string of the molecule is CN(CC1CCCCO1)c1ccc(N)cc1C(=O)O. The van der Waals surface area contributed by atoms with E-state index < -0.39 is 5.97 Å². The van der Waals surface area contributed by atoms with Crippen molar-refractivity contribution in [1.29, 1.82) is 0 Å². The van der Waals surface area contributed by atoms with Gasteiger partial charge in [0.2, 0.25) is 0 Å². The normalized spacial score (nSPS) is 19.1. The number of benzene rings is 1. The van der Waals surface area contributed by atoms with Crippen LogP contribution in [0.5, 0.6) is 0 Å². The number of nitrogen functional groups attached to an aromatic ring is 1. The molecule has 1 atom stereocenters. The van der Waals surface area contributed by atoms with Gasteiger partial charge in [0.25, 0.3) is 0 Å². The number of carbonyl (C=O) groups is 1. The molecule has 1 fully saturated rings. The fourth-order valence-corrected chi connectivity index (χ4v) is 2.41. The molecular formula is C14H20N2O3. The zero-order valence-corrected chi connectivity index (χ0v) is 11.1. The van der Waals surface area contributed by atoms with Crippen molar-refractivity contribution in [2.24, 2.45) is 0 Å². The third kappa shape index (κ3) is 3.38. The molecule has 3 N–H and O–H groups in total. The summed E-state index contributed by atoms with van der Waals surface area (Å²) in [6.45, 7) is 1.50. The summed E-state index contributed by atoms with van der Waals surface area (Å²) >= 11 is 0. The van der Waals surface area contributed by atoms with Gasteiger partial charge < -0.3 is 20.5 Å². The third-order valence-corrected chi connectivity index (χ3v) is 3.41. The van der Waals surface area contributed by atoms with Crippen LogP contribution in [0.4, 0.5) is 11.4 Å². The maximum Gasteiger partial charge on any atom is 0.337 e. The summed E-state index contributed by atoms with van der Waals surface area (Å²) in [5.74, 6) is -0.960. The number of ether oxygens (including phenoxy) is 1. The Morgan fingerprint density at radius 2 is 2.32 bits per heavy atom. The zero-order valence-electron chi connectivity index (χ0n) is 11.1. The largest absolute Gasteiger partial charge is 0.478 e. The van der Waals surface area contributed by atoms with E-state index in [9.17, 15) is 9.90 Å². The zero-order chi connectivity index (χ0) is 13.8. The van der Waals surface area contributed by atoms with Crippen LogP contribution < -0.4 is 10.6 Å². The highest BCUT2D eigenvalue weighted by atomic mass is 16.5. The van der Waals surface area contributed by atoms with E-state index in [4.69, 9.17) is 10.5 Å². The molecule has 1 aromatic carbocycles. The van der Waals surface area contributed by atoms with Crippen LogP contribution in [-0.4, -0.2) is 37.4 Å². The molecule has 5 nitrogen and oxygen atoms in total. The summed E-state index contributed by atoms with van der Waals surface area (Å²) in [5.41, 5.74) is 7.02. The summed E-state index contributed by atoms with van der Waals surface area (Å²) in [4.78, 5) is 13.2. The monoisotopic (exact) mass is 264 g/mol. The molecule has 0 saturated carbocycles. The molecule has 0 radical (unpaired) electrons. The molecule has 1 heterocycles. The van der Waals surface area contributed by atoms with E-state index in [0.717, 1.165) is 19.4 Å². The van der Waals surface area contributed by atoms with E-state index in [1.165, 1.54) is 12.5 Å². The predicted molar refractivity (Wildman–Crippen MR) is 74.7 cm³/mol. The van der Waals surface area contributed by atoms with Crippen molar-refractivity contribution >= 4 is 17.3 Å². The number of aromatic carboxylic acids is 1. The minimum Gasteiger partial charge on any atom is -0.478 e. The van der Waals surface area contributed by atoms with Crippen LogP contribution in [0, 0.1) is 0 Å². The van der Waals surface area contributed by atoms with E-state index in [-0.39, 0.29) is 11.7 Å². The highest BCUT2D eigenvalue weighted by Crippen LogP contribution is 2.24. The van der Waals surface area contributed by atoms with Gasteiger partial charge in [-0.1, -0.05) is 0 Å². The summed E-state index contributed by atoms with van der Waals surface area (Å²) < 4.78 is 5.68. The Bertz CT molecular complexity index is 456. The van der Waals surface area contributed by atoms with Gasteiger partial charge in [-0.3, -0.25) is 0 Å². The molecule has 0 aromatic heterocycles. The van der Waals surface area contributed by atoms with Gasteiger partial charge in [0.15, 0.2) is 0 Å². The lowest BCUT2D eigenvalue weighted by Gasteiger charge is -2.29. The summed E-state index contributed by atoms with van der Waals surface area (Å²) in [5, 5.41) is 9.23. The van der Waals surface area contributed by atoms with Crippen molar-refractivity contribution in [1.82, 2.24) is 0 Å². The number of anilines is 2. The van der Waals surface area contributed by atoms with E-state index >= 15 is 0 Å². The van der Waals surface area contributed by atoms with Crippen LogP contribution in [0.2, 0.25) is 0 Å². The molecule has 1 unspecified atom stereocenters. The average Bonchev–Trinajstić information content (AvgIpc) is 2.39. The van der Waals surface area contributed by atoms with Crippen LogP contribution in [-0.2, 0) is 4.74 Å². The van der Waals surface area contributed by atoms with Crippen molar-refractivity contribution < 1.29 is 14.6 Å². The highest BCUT2D eigenvalue weighted by molar-refractivity contribution is 5.95. The Morgan fingerprint density at radius 1 is 1.53 bits per heavy atom. The second-order valence-corrected chi connectivity index (χ2v) is 4.95. The lowest BCUT2D eigenvalue weighted by atomic mass is 10.1. The fraction of sp³-hybridized carbons (Fsp3) is 0.500. The van der Waals surface area contributed by atoms with E-state index in [1.807, 2.05) is 11.9 Å². The summed E-state index contributed by atoms with van der Waals surface area (Å²) in [6.07, 6.45) is 3.49. The van der Waals surface area contributed by atoms with Gasteiger partial charge in [-0.15, -0.1) is 0 Å². The lowest BCUT2D eigenvalue weighted by molar-refractivity contribution is 0.0215. The average molecular weight is 264 g/mol. The van der Waals surface area contributed by atoms with Crippen molar-refractivity contribution in [2.75, 3.05) is 30.8 Å². The van der Waals surface area contributed by atoms with Gasteiger partial charge in [0, 0.05) is 25.9 Å². The minimum absolute atomic E-state index is 0.179. The standard InChI is InChI=1S/C14H20N2O3/c1-16(9-11-4-2-3-7-19-11)13-6-5-10(15)8-12(13)14(17)18/h5-6,8,11H,2-4,7,9,15H2,1H3,(H,17,18). The van der Waals surface area contributed by atoms with Crippen molar-refractivity contribution in [3.05, 3.63) is 23.8 Å². The molecule has 2 rings (SSSR count). The van der Waals surface area contributed by atoms with E-state index in [1.54, 1.807) is 12.1 Å². The first-order chi connectivity index (χ1) is 9.08. The summed E-state index contributed by atoms with van der Waals surface area (Å²) in [6, 6.07) is 4.97. The number of carboxylic acids is 1. The Hall–Kier alpha value is -1.75. The number of carboxylic acid groups (broad SMARTS) is 1. The van der Waals surface area contributed by atoms with Gasteiger partial charge in [-0.2, -0.15) is 0 Å². The maximum atomic E-state index is 11.3. The number of likely N-dealkylation sites (N-methyl/N-ethyl adjacent to an activating group) is 1. The number of hydrogen-bond acceptors (Lipinski definition) is 4. The van der Waals surface area contributed by atoms with Gasteiger partial charge in [-0.25, -0.2) is 4.79 Å². The first kappa shape index (κ1) is 13.7. The lowest BCUT2D eigenvalue weighted by Crippen LogP contribution is -2.34. The topological polar surface area (TPSA) is 75.8 Å². The Morgan fingerprint density at radius 3 is 2.95 bits per heavy atom. The first-order valence-electron chi connectivity index (χ1n) is 6.53. The molecule has 0 bridgehead atoms. The van der Waals surface area contributed by atoms with Crippen LogP contribution in [0.3, 0.4) is 0 Å². The molecule has 1 aliphatic heterocycles. The van der Waals surface area contributed by atoms with E-state index in [0.29, 0.717) is 17.9 Å². The Kier molecular flexibility index (Phi) is 4.27.